The van der Waals surface area contributed by atoms with Gasteiger partial charge in [0.2, 0.25) is 0 Å². The van der Waals surface area contributed by atoms with Gasteiger partial charge in [0, 0.05) is 0 Å². The van der Waals surface area contributed by atoms with Gasteiger partial charge in [-0.2, -0.15) is 0 Å². The van der Waals surface area contributed by atoms with E-state index >= 15 is 0 Å². The van der Waals surface area contributed by atoms with Gasteiger partial charge in [0.15, 0.2) is 0 Å². The number of hydrogen-bond acceptors (Lipinski definition) is 5. The minimum absolute atomic E-state index is 0. The normalized spacial score (nSPS) is 11.8. The van der Waals surface area contributed by atoms with Gasteiger partial charge in [-0.25, -0.2) is 4.57 Å². The lowest BCUT2D eigenvalue weighted by Gasteiger charge is -2.16. The Morgan fingerprint density at radius 1 is 0.607 bits per heavy atom. The molecule has 0 unspecified atom stereocenters. The zero-order chi connectivity index (χ0) is 20.1. The van der Waals surface area contributed by atoms with Gasteiger partial charge < -0.3 is 6.15 Å². The summed E-state index contributed by atoms with van der Waals surface area (Å²) in [5.41, 5.74) is 0. The molecule has 0 radical (unpaired) electrons. The maximum absolute atomic E-state index is 12.1. The quantitative estimate of drug-likeness (QED) is 0.114. The number of allylic oxidation sites excluding steroid dienone is 2. The summed E-state index contributed by atoms with van der Waals surface area (Å²) < 4.78 is 27.6. The molecule has 0 aromatic rings. The van der Waals surface area contributed by atoms with E-state index < -0.39 is 7.82 Å². The van der Waals surface area contributed by atoms with Crippen molar-refractivity contribution in [2.75, 3.05) is 19.8 Å². The number of rotatable bonds is 21. The van der Waals surface area contributed by atoms with Gasteiger partial charge in [-0.05, 0) is 46.0 Å². The van der Waals surface area contributed by atoms with E-state index in [0.717, 1.165) is 12.8 Å². The molecule has 6 heteroatoms. The topological polar surface area (TPSA) is 79.8 Å². The highest BCUT2D eigenvalue weighted by atomic mass is 31.2. The van der Waals surface area contributed by atoms with Gasteiger partial charge in [-0.15, -0.1) is 0 Å². The summed E-state index contributed by atoms with van der Waals surface area (Å²) in [7, 11) is -3.32. The van der Waals surface area contributed by atoms with Crippen LogP contribution in [0.2, 0.25) is 0 Å². The molecule has 0 heterocycles. The molecule has 28 heavy (non-hydrogen) atoms. The SMILES string of the molecule is CCCCCCCC/C=C\CCCCCCCCOP(=O)(OCC)OCC.N. The largest absolute Gasteiger partial charge is 0.474 e. The van der Waals surface area contributed by atoms with Gasteiger partial charge >= 0.3 is 7.82 Å². The Labute approximate surface area is 175 Å². The second kappa shape index (κ2) is 23.1. The summed E-state index contributed by atoms with van der Waals surface area (Å²) in [6, 6.07) is 0. The Balaban J connectivity index is 0. The first kappa shape index (κ1) is 30.0. The van der Waals surface area contributed by atoms with Crippen molar-refractivity contribution in [3.05, 3.63) is 12.2 Å². The molecule has 0 saturated carbocycles. The Bertz CT molecular complexity index is 368. The fourth-order valence-corrected chi connectivity index (χ4v) is 4.16. The van der Waals surface area contributed by atoms with E-state index in [1.54, 1.807) is 13.8 Å². The van der Waals surface area contributed by atoms with Crippen LogP contribution in [0.25, 0.3) is 0 Å². The van der Waals surface area contributed by atoms with E-state index in [1.165, 1.54) is 77.0 Å². The summed E-state index contributed by atoms with van der Waals surface area (Å²) >= 11 is 0. The summed E-state index contributed by atoms with van der Waals surface area (Å²) in [5, 5.41) is 0. The van der Waals surface area contributed by atoms with Crippen LogP contribution in [-0.4, -0.2) is 19.8 Å². The minimum Gasteiger partial charge on any atom is -0.344 e. The second-order valence-corrected chi connectivity index (χ2v) is 8.72. The van der Waals surface area contributed by atoms with Crippen molar-refractivity contribution in [2.45, 2.75) is 111 Å². The monoisotopic (exact) mass is 421 g/mol. The number of phosphoric acid groups is 1. The van der Waals surface area contributed by atoms with Gasteiger partial charge in [0.05, 0.1) is 19.8 Å². The number of phosphoric ester groups is 1. The van der Waals surface area contributed by atoms with E-state index in [0.29, 0.717) is 19.8 Å². The van der Waals surface area contributed by atoms with Crippen LogP contribution in [0.3, 0.4) is 0 Å². The molecule has 0 aliphatic heterocycles. The molecule has 0 rings (SSSR count). The molecule has 0 aliphatic rings. The standard InChI is InChI=1S/C22H45O4P.H3N/c1-4-7-8-9-10-11-12-13-14-15-16-17-18-19-20-21-22-26-27(23,24-5-2)25-6-3;/h13-14H,4-12,15-22H2,1-3H3;1H3/b14-13-;. The molecule has 0 aromatic heterocycles. The summed E-state index contributed by atoms with van der Waals surface area (Å²) in [6.45, 7) is 6.97. The minimum atomic E-state index is -3.32. The summed E-state index contributed by atoms with van der Waals surface area (Å²) in [6.07, 6.45) is 22.5. The first-order valence-electron chi connectivity index (χ1n) is 11.4. The number of unbranched alkanes of at least 4 members (excludes halogenated alkanes) is 12. The van der Waals surface area contributed by atoms with Crippen molar-refractivity contribution in [3.8, 4) is 0 Å². The molecule has 3 N–H and O–H groups in total. The highest BCUT2D eigenvalue weighted by molar-refractivity contribution is 7.48. The third-order valence-electron chi connectivity index (χ3n) is 4.48. The van der Waals surface area contributed by atoms with Gasteiger partial charge in [-0.3, -0.25) is 13.6 Å². The van der Waals surface area contributed by atoms with Crippen molar-refractivity contribution in [1.29, 1.82) is 0 Å². The molecule has 170 valence electrons. The van der Waals surface area contributed by atoms with Gasteiger partial charge in [-0.1, -0.05) is 76.9 Å². The van der Waals surface area contributed by atoms with E-state index in [4.69, 9.17) is 13.6 Å². The highest BCUT2D eigenvalue weighted by Crippen LogP contribution is 2.49. The van der Waals surface area contributed by atoms with Gasteiger partial charge in [0.1, 0.15) is 0 Å². The van der Waals surface area contributed by atoms with E-state index in [2.05, 4.69) is 19.1 Å². The second-order valence-electron chi connectivity index (χ2n) is 7.05. The smallest absolute Gasteiger partial charge is 0.344 e. The van der Waals surface area contributed by atoms with Crippen LogP contribution in [0.4, 0.5) is 0 Å². The van der Waals surface area contributed by atoms with Crippen molar-refractivity contribution < 1.29 is 18.1 Å². The molecule has 0 saturated heterocycles. The molecule has 0 aliphatic carbocycles. The molecular weight excluding hydrogens is 373 g/mol. The van der Waals surface area contributed by atoms with Crippen molar-refractivity contribution in [1.82, 2.24) is 6.15 Å². The fraction of sp³-hybridized carbons (Fsp3) is 0.909. The lowest BCUT2D eigenvalue weighted by Crippen LogP contribution is -2.01. The van der Waals surface area contributed by atoms with Crippen molar-refractivity contribution in [3.63, 3.8) is 0 Å². The highest BCUT2D eigenvalue weighted by Gasteiger charge is 2.24. The lowest BCUT2D eigenvalue weighted by molar-refractivity contribution is 0.120. The predicted octanol–water partition coefficient (Wildman–Crippen LogP) is 8.38. The first-order chi connectivity index (χ1) is 13.2. The van der Waals surface area contributed by atoms with Crippen LogP contribution >= 0.6 is 7.82 Å². The Hall–Kier alpha value is -0.190. The lowest BCUT2D eigenvalue weighted by atomic mass is 10.1. The maximum atomic E-state index is 12.1. The van der Waals surface area contributed by atoms with Crippen molar-refractivity contribution in [2.24, 2.45) is 0 Å². The van der Waals surface area contributed by atoms with E-state index in [-0.39, 0.29) is 6.15 Å². The fourth-order valence-electron chi connectivity index (χ4n) is 2.95. The van der Waals surface area contributed by atoms with Crippen molar-refractivity contribution >= 4 is 7.82 Å². The zero-order valence-electron chi connectivity index (χ0n) is 19.0. The van der Waals surface area contributed by atoms with Crippen LogP contribution in [0, 0.1) is 0 Å². The average Bonchev–Trinajstić information content (AvgIpc) is 2.64. The molecule has 0 fully saturated rings. The molecule has 0 amide bonds. The molecule has 0 bridgehead atoms. The zero-order valence-corrected chi connectivity index (χ0v) is 19.9. The molecule has 0 atom stereocenters. The Kier molecular flexibility index (Phi) is 24.7. The molecule has 0 aromatic carbocycles. The predicted molar refractivity (Wildman–Crippen MR) is 121 cm³/mol. The van der Waals surface area contributed by atoms with Crippen LogP contribution in [0.5, 0.6) is 0 Å². The first-order valence-corrected chi connectivity index (χ1v) is 12.8. The third-order valence-corrected chi connectivity index (χ3v) is 6.13. The van der Waals surface area contributed by atoms with Crippen LogP contribution in [0.15, 0.2) is 12.2 Å². The Morgan fingerprint density at radius 2 is 1.04 bits per heavy atom. The van der Waals surface area contributed by atoms with Gasteiger partial charge in [0.25, 0.3) is 0 Å². The summed E-state index contributed by atoms with van der Waals surface area (Å²) in [4.78, 5) is 0. The third kappa shape index (κ3) is 20.5. The van der Waals surface area contributed by atoms with E-state index in [1.807, 2.05) is 0 Å². The summed E-state index contributed by atoms with van der Waals surface area (Å²) in [5.74, 6) is 0. The van der Waals surface area contributed by atoms with Crippen LogP contribution in [-0.2, 0) is 18.1 Å². The molecule has 0 spiro atoms. The Morgan fingerprint density at radius 3 is 1.50 bits per heavy atom. The molecule has 5 nitrogen and oxygen atoms in total. The van der Waals surface area contributed by atoms with E-state index in [9.17, 15) is 4.57 Å². The molecular formula is C22H48NO4P. The van der Waals surface area contributed by atoms with Crippen LogP contribution in [0.1, 0.15) is 111 Å². The average molecular weight is 422 g/mol. The number of hydrogen-bond donors (Lipinski definition) is 1. The van der Waals surface area contributed by atoms with Crippen LogP contribution < -0.4 is 6.15 Å². The maximum Gasteiger partial charge on any atom is 0.474 e.